The summed E-state index contributed by atoms with van der Waals surface area (Å²) in [5.41, 5.74) is -2.70. The van der Waals surface area contributed by atoms with Gasteiger partial charge in [0.05, 0.1) is 24.2 Å². The number of hydrogen-bond acceptors (Lipinski definition) is 14. The number of aliphatic hydroxyl groups is 7. The van der Waals surface area contributed by atoms with E-state index in [0.29, 0.717) is 57.8 Å². The number of carboxylic acids is 2. The molecule has 0 aromatic rings. The molecule has 5 aliphatic carbocycles. The van der Waals surface area contributed by atoms with Crippen molar-refractivity contribution in [3.8, 4) is 0 Å². The number of carboxylic acid groups (broad SMARTS) is 2. The molecule has 0 bridgehead atoms. The molecule has 58 heavy (non-hydrogen) atoms. The number of hydrogen-bond donors (Lipinski definition) is 9. The molecule has 2 saturated heterocycles. The largest absolute Gasteiger partial charge is 0.481 e. The van der Waals surface area contributed by atoms with E-state index in [0.717, 1.165) is 11.9 Å². The molecular formula is C42H64O16. The molecule has 9 N–H and O–H groups in total. The van der Waals surface area contributed by atoms with Gasteiger partial charge in [0.25, 0.3) is 0 Å². The number of aldehydes is 1. The maximum atomic E-state index is 13.5. The van der Waals surface area contributed by atoms with Gasteiger partial charge in [-0.15, -0.1) is 0 Å². The number of fused-ring (bicyclic) bond motifs is 7. The zero-order valence-electron chi connectivity index (χ0n) is 34.3. The third-order valence-corrected chi connectivity index (χ3v) is 17.2. The molecule has 328 valence electrons. The molecule has 20 atom stereocenters. The summed E-state index contributed by atoms with van der Waals surface area (Å²) >= 11 is 0. The molecule has 0 aromatic carbocycles. The van der Waals surface area contributed by atoms with Gasteiger partial charge >= 0.3 is 11.9 Å². The molecule has 6 fully saturated rings. The van der Waals surface area contributed by atoms with E-state index in [-0.39, 0.29) is 28.6 Å². The molecule has 0 spiro atoms. The average Bonchev–Trinajstić information content (AvgIpc) is 3.15. The number of aliphatic carboxylic acids is 2. The third kappa shape index (κ3) is 6.21. The molecule has 7 rings (SSSR count). The van der Waals surface area contributed by atoms with E-state index in [9.17, 15) is 60.3 Å². The molecule has 16 nitrogen and oxygen atoms in total. The van der Waals surface area contributed by atoms with E-state index in [4.69, 9.17) is 18.9 Å². The molecule has 0 aromatic heterocycles. The van der Waals surface area contributed by atoms with E-state index in [1.54, 1.807) is 6.92 Å². The molecule has 4 unspecified atom stereocenters. The lowest BCUT2D eigenvalue weighted by Gasteiger charge is -2.71. The fraction of sp³-hybridized carbons (Fsp3) is 0.881. The van der Waals surface area contributed by atoms with Crippen LogP contribution in [0.25, 0.3) is 0 Å². The van der Waals surface area contributed by atoms with Crippen LogP contribution < -0.4 is 0 Å². The number of rotatable bonds is 8. The number of carbonyl (C=O) groups excluding carboxylic acids is 1. The molecule has 16 heteroatoms. The van der Waals surface area contributed by atoms with Gasteiger partial charge in [-0.1, -0.05) is 53.2 Å². The van der Waals surface area contributed by atoms with Crippen molar-refractivity contribution in [2.24, 2.45) is 50.2 Å². The zero-order valence-corrected chi connectivity index (χ0v) is 34.3. The fourth-order valence-corrected chi connectivity index (χ4v) is 13.6. The van der Waals surface area contributed by atoms with Crippen LogP contribution in [0.2, 0.25) is 0 Å². The maximum absolute atomic E-state index is 13.5. The Hall–Kier alpha value is -2.09. The predicted molar refractivity (Wildman–Crippen MR) is 200 cm³/mol. The van der Waals surface area contributed by atoms with Crippen molar-refractivity contribution in [2.45, 2.75) is 173 Å². The molecule has 0 radical (unpaired) electrons. The Kier molecular flexibility index (Phi) is 11.2. The summed E-state index contributed by atoms with van der Waals surface area (Å²) in [5.74, 6) is -3.07. The van der Waals surface area contributed by atoms with Gasteiger partial charge in [0.2, 0.25) is 0 Å². The second kappa shape index (κ2) is 14.8. The summed E-state index contributed by atoms with van der Waals surface area (Å²) in [5, 5.41) is 95.7. The van der Waals surface area contributed by atoms with Crippen molar-refractivity contribution in [1.82, 2.24) is 0 Å². The molecule has 0 amide bonds. The van der Waals surface area contributed by atoms with Crippen molar-refractivity contribution < 1.29 is 79.3 Å². The fourth-order valence-electron chi connectivity index (χ4n) is 13.6. The normalized spacial score (nSPS) is 53.8. The topological polar surface area (TPSA) is 270 Å². The number of ether oxygens (including phenoxy) is 4. The Morgan fingerprint density at radius 2 is 1.48 bits per heavy atom. The lowest BCUT2D eigenvalue weighted by molar-refractivity contribution is -0.373. The smallest absolute Gasteiger partial charge is 0.335 e. The zero-order chi connectivity index (χ0) is 42.7. The number of aliphatic hydroxyl groups excluding tert-OH is 7. The maximum Gasteiger partial charge on any atom is 0.335 e. The van der Waals surface area contributed by atoms with Crippen molar-refractivity contribution in [3.63, 3.8) is 0 Å². The van der Waals surface area contributed by atoms with Crippen LogP contribution in [0.1, 0.15) is 99.3 Å². The molecule has 4 saturated carbocycles. The monoisotopic (exact) mass is 824 g/mol. The van der Waals surface area contributed by atoms with Gasteiger partial charge in [-0.3, -0.25) is 4.79 Å². The first kappa shape index (κ1) is 44.0. The first-order chi connectivity index (χ1) is 27.0. The Labute approximate surface area is 338 Å². The quantitative estimate of drug-likeness (QED) is 0.0943. The molecule has 7 aliphatic rings. The van der Waals surface area contributed by atoms with Crippen LogP contribution in [0.4, 0.5) is 0 Å². The van der Waals surface area contributed by atoms with E-state index in [1.807, 2.05) is 0 Å². The second-order valence-corrected chi connectivity index (χ2v) is 20.5. The van der Waals surface area contributed by atoms with Gasteiger partial charge < -0.3 is 69.7 Å². The van der Waals surface area contributed by atoms with Gasteiger partial charge in [-0.05, 0) is 97.2 Å². The first-order valence-corrected chi connectivity index (χ1v) is 20.9. The van der Waals surface area contributed by atoms with Crippen LogP contribution >= 0.6 is 0 Å². The standard InChI is InChI=1S/C42H64O16/c1-37(2)13-14-42(36(53)54)20(15-37)19-7-8-23-38(3)11-10-25(39(4,18-44)22(38)9-12-40(23,5)41(19,6)16-24(42)45)56-35-32(29(49)28(48)31(57-35)33(51)52)58-34-30(50)27(47)26(46)21(17-43)55-34/h7,18,20-32,34-35,43,45-50H,8-17H2,1-6H3,(H,51,52)(H,53,54)/t20-,21+,22?,23?,24+,25-,26-,27-,28-,29-,30-,31-,32-,34?,35?,38-,39-,40+,41+,42+/m0/s1. The lowest BCUT2D eigenvalue weighted by Crippen LogP contribution is -2.68. The Morgan fingerprint density at radius 3 is 2.10 bits per heavy atom. The first-order valence-electron chi connectivity index (χ1n) is 20.9. The van der Waals surface area contributed by atoms with Crippen molar-refractivity contribution in [2.75, 3.05) is 6.61 Å². The predicted octanol–water partition coefficient (Wildman–Crippen LogP) is 1.12. The van der Waals surface area contributed by atoms with Crippen LogP contribution in [-0.4, -0.2) is 144 Å². The summed E-state index contributed by atoms with van der Waals surface area (Å²) in [4.78, 5) is 38.8. The highest BCUT2D eigenvalue weighted by atomic mass is 16.8. The van der Waals surface area contributed by atoms with E-state index in [1.165, 1.54) is 0 Å². The minimum Gasteiger partial charge on any atom is -0.481 e. The van der Waals surface area contributed by atoms with Gasteiger partial charge in [0.15, 0.2) is 18.7 Å². The summed E-state index contributed by atoms with van der Waals surface area (Å²) in [7, 11) is 0. The van der Waals surface area contributed by atoms with Gasteiger partial charge in [-0.2, -0.15) is 0 Å². The SMILES string of the molecule is CC1(C)CC[C@]2(C(=O)O)[C@H](O)C[C@]3(C)C(=CCC4[C@@]5(C)CC[C@H](OC6O[C@H](C(=O)O)[C@@H](O)[C@H](O)[C@@H]6OC6O[C@H](CO)[C@H](O)[C@H](O)[C@@H]6O)[C@@](C)(C=O)C5CC[C@]43C)[C@@H]2C1. The molecule has 2 heterocycles. The van der Waals surface area contributed by atoms with Crippen LogP contribution in [0.5, 0.6) is 0 Å². The summed E-state index contributed by atoms with van der Waals surface area (Å²) < 4.78 is 23.6. The molecular weight excluding hydrogens is 760 g/mol. The van der Waals surface area contributed by atoms with Crippen LogP contribution in [0, 0.1) is 50.2 Å². The van der Waals surface area contributed by atoms with Gasteiger partial charge in [0, 0.05) is 0 Å². The van der Waals surface area contributed by atoms with E-state index >= 15 is 0 Å². The summed E-state index contributed by atoms with van der Waals surface area (Å²) in [6.45, 7) is 12.1. The lowest BCUT2D eigenvalue weighted by atomic mass is 9.33. The minimum absolute atomic E-state index is 0.0374. The average molecular weight is 825 g/mol. The van der Waals surface area contributed by atoms with E-state index in [2.05, 4.69) is 40.7 Å². The van der Waals surface area contributed by atoms with Crippen molar-refractivity contribution in [1.29, 1.82) is 0 Å². The van der Waals surface area contributed by atoms with Gasteiger partial charge in [0.1, 0.15) is 54.4 Å². The summed E-state index contributed by atoms with van der Waals surface area (Å²) in [6, 6.07) is 0. The van der Waals surface area contributed by atoms with Crippen molar-refractivity contribution >= 4 is 18.2 Å². The summed E-state index contributed by atoms with van der Waals surface area (Å²) in [6.07, 6.45) is -11.9. The van der Waals surface area contributed by atoms with E-state index < -0.39 is 114 Å². The second-order valence-electron chi connectivity index (χ2n) is 20.5. The highest BCUT2D eigenvalue weighted by molar-refractivity contribution is 5.77. The van der Waals surface area contributed by atoms with Crippen molar-refractivity contribution in [3.05, 3.63) is 11.6 Å². The molecule has 2 aliphatic heterocycles. The number of carbonyl (C=O) groups is 3. The minimum atomic E-state index is -2.03. The Bertz CT molecular complexity index is 1650. The number of allylic oxidation sites excluding steroid dienone is 2. The van der Waals surface area contributed by atoms with Crippen LogP contribution in [0.15, 0.2) is 11.6 Å². The van der Waals surface area contributed by atoms with Crippen LogP contribution in [0.3, 0.4) is 0 Å². The third-order valence-electron chi connectivity index (χ3n) is 17.2. The highest BCUT2D eigenvalue weighted by Gasteiger charge is 2.72. The Balaban J connectivity index is 1.19. The van der Waals surface area contributed by atoms with Gasteiger partial charge in [-0.25, -0.2) is 4.79 Å². The highest BCUT2D eigenvalue weighted by Crippen LogP contribution is 2.76. The van der Waals surface area contributed by atoms with Crippen LogP contribution in [-0.2, 0) is 33.3 Å². The Morgan fingerprint density at radius 1 is 0.793 bits per heavy atom.